The van der Waals surface area contributed by atoms with Gasteiger partial charge in [-0.3, -0.25) is 0 Å². The van der Waals surface area contributed by atoms with E-state index < -0.39 is 6.10 Å². The molecule has 1 N–H and O–H groups in total. The molecule has 18 heavy (non-hydrogen) atoms. The summed E-state index contributed by atoms with van der Waals surface area (Å²) in [6, 6.07) is 4.72. The first-order valence-corrected chi connectivity index (χ1v) is 7.99. The van der Waals surface area contributed by atoms with Crippen LogP contribution in [0.1, 0.15) is 18.6 Å². The molecule has 0 saturated carbocycles. The van der Waals surface area contributed by atoms with Crippen LogP contribution in [0.15, 0.2) is 31.8 Å². The van der Waals surface area contributed by atoms with Crippen molar-refractivity contribution >= 4 is 34.9 Å². The molecule has 0 aliphatic rings. The molecule has 0 saturated heterocycles. The van der Waals surface area contributed by atoms with Gasteiger partial charge in [-0.1, -0.05) is 40.9 Å². The molecule has 0 bridgehead atoms. The fourth-order valence-electron chi connectivity index (χ4n) is 1.27. The van der Waals surface area contributed by atoms with Crippen molar-refractivity contribution in [2.24, 2.45) is 0 Å². The smallest absolute Gasteiger partial charge is 0.179 e. The maximum Gasteiger partial charge on any atom is 0.179 e. The number of hydrogen-bond acceptors (Lipinski definition) is 6. The first-order chi connectivity index (χ1) is 8.60. The minimum atomic E-state index is -0.664. The Bertz CT molecular complexity index is 545. The van der Waals surface area contributed by atoms with Crippen molar-refractivity contribution in [3.63, 3.8) is 0 Å². The quantitative estimate of drug-likeness (QED) is 0.874. The predicted octanol–water partition coefficient (Wildman–Crippen LogP) is 3.60. The summed E-state index contributed by atoms with van der Waals surface area (Å²) >= 11 is 4.20. The molecule has 1 atom stereocenters. The Kier molecular flexibility index (Phi) is 4.60. The molecule has 0 aliphatic carbocycles. The van der Waals surface area contributed by atoms with Crippen molar-refractivity contribution in [3.8, 4) is 0 Å². The number of thioether (sulfide) groups is 1. The number of aliphatic hydroxyl groups is 1. The summed E-state index contributed by atoms with van der Waals surface area (Å²) in [7, 11) is 0. The third kappa shape index (κ3) is 3.23. The third-order valence-corrected chi connectivity index (χ3v) is 5.20. The molecule has 3 nitrogen and oxygen atoms in total. The summed E-state index contributed by atoms with van der Waals surface area (Å²) in [4.78, 5) is 0.489. The lowest BCUT2D eigenvalue weighted by Gasteiger charge is -2.06. The highest BCUT2D eigenvalue weighted by Crippen LogP contribution is 2.34. The number of aliphatic hydroxyl groups excluding tert-OH is 1. The highest BCUT2D eigenvalue weighted by molar-refractivity contribution is 8.03. The summed E-state index contributed by atoms with van der Waals surface area (Å²) < 4.78 is 15.4. The van der Waals surface area contributed by atoms with Gasteiger partial charge in [0.15, 0.2) is 8.68 Å². The third-order valence-electron chi connectivity index (χ3n) is 2.20. The van der Waals surface area contributed by atoms with Crippen molar-refractivity contribution in [1.29, 1.82) is 0 Å². The van der Waals surface area contributed by atoms with Crippen molar-refractivity contribution < 1.29 is 9.50 Å². The van der Waals surface area contributed by atoms with Crippen LogP contribution in [-0.4, -0.2) is 21.6 Å². The van der Waals surface area contributed by atoms with E-state index in [1.807, 2.05) is 6.26 Å². The van der Waals surface area contributed by atoms with Gasteiger partial charge in [-0.25, -0.2) is 4.39 Å². The van der Waals surface area contributed by atoms with Crippen LogP contribution in [0, 0.1) is 5.82 Å². The Balaban J connectivity index is 2.19. The number of benzene rings is 1. The van der Waals surface area contributed by atoms with Gasteiger partial charge in [0.05, 0.1) is 11.0 Å². The van der Waals surface area contributed by atoms with Gasteiger partial charge in [0.25, 0.3) is 0 Å². The average molecular weight is 302 g/mol. The van der Waals surface area contributed by atoms with Crippen LogP contribution in [-0.2, 0) is 0 Å². The van der Waals surface area contributed by atoms with E-state index in [1.165, 1.54) is 40.9 Å². The topological polar surface area (TPSA) is 46.0 Å². The molecule has 1 unspecified atom stereocenters. The predicted molar refractivity (Wildman–Crippen MR) is 72.8 cm³/mol. The molecular formula is C11H11FN2OS3. The van der Waals surface area contributed by atoms with Gasteiger partial charge < -0.3 is 5.11 Å². The number of aromatic nitrogens is 2. The Labute approximate surface area is 117 Å². The Morgan fingerprint density at radius 2 is 2.06 bits per heavy atom. The first-order valence-electron chi connectivity index (χ1n) is 5.13. The molecular weight excluding hydrogens is 291 g/mol. The summed E-state index contributed by atoms with van der Waals surface area (Å²) in [6.07, 6.45) is 1.26. The van der Waals surface area contributed by atoms with E-state index in [2.05, 4.69) is 10.2 Å². The fourth-order valence-corrected chi connectivity index (χ4v) is 3.67. The molecule has 0 spiro atoms. The van der Waals surface area contributed by atoms with Crippen molar-refractivity contribution in [2.75, 3.05) is 6.26 Å². The minimum absolute atomic E-state index is 0.348. The van der Waals surface area contributed by atoms with Gasteiger partial charge >= 0.3 is 0 Å². The van der Waals surface area contributed by atoms with Crippen molar-refractivity contribution in [3.05, 3.63) is 29.6 Å². The van der Waals surface area contributed by atoms with Crippen LogP contribution in [0.5, 0.6) is 0 Å². The molecule has 0 amide bonds. The van der Waals surface area contributed by atoms with Gasteiger partial charge in [0.1, 0.15) is 5.82 Å². The summed E-state index contributed by atoms with van der Waals surface area (Å²) in [6.45, 7) is 1.61. The van der Waals surface area contributed by atoms with Crippen LogP contribution in [0.3, 0.4) is 0 Å². The lowest BCUT2D eigenvalue weighted by atomic mass is 10.1. The van der Waals surface area contributed by atoms with Crippen LogP contribution >= 0.6 is 34.9 Å². The normalized spacial score (nSPS) is 12.7. The molecule has 0 fully saturated rings. The van der Waals surface area contributed by atoms with Crippen LogP contribution in [0.2, 0.25) is 0 Å². The fraction of sp³-hybridized carbons (Fsp3) is 0.273. The van der Waals surface area contributed by atoms with E-state index in [0.717, 1.165) is 4.34 Å². The molecule has 96 valence electrons. The zero-order valence-corrected chi connectivity index (χ0v) is 12.2. The van der Waals surface area contributed by atoms with Gasteiger partial charge in [0.2, 0.25) is 0 Å². The van der Waals surface area contributed by atoms with E-state index in [1.54, 1.807) is 19.1 Å². The average Bonchev–Trinajstić information content (AvgIpc) is 2.79. The molecule has 0 aliphatic heterocycles. The van der Waals surface area contributed by atoms with Gasteiger partial charge in [-0.2, -0.15) is 0 Å². The second-order valence-electron chi connectivity index (χ2n) is 3.51. The SMILES string of the molecule is CSc1nnc(Sc2ccc(C(C)O)cc2F)s1. The Morgan fingerprint density at radius 3 is 2.61 bits per heavy atom. The number of hydrogen-bond donors (Lipinski definition) is 1. The van der Waals surface area contributed by atoms with Crippen molar-refractivity contribution in [2.45, 2.75) is 26.6 Å². The maximum absolute atomic E-state index is 13.8. The maximum atomic E-state index is 13.8. The highest BCUT2D eigenvalue weighted by atomic mass is 32.2. The highest BCUT2D eigenvalue weighted by Gasteiger charge is 2.11. The zero-order chi connectivity index (χ0) is 13.1. The summed E-state index contributed by atoms with van der Waals surface area (Å²) in [5.41, 5.74) is 0.568. The second-order valence-corrected chi connectivity index (χ2v) is 6.83. The van der Waals surface area contributed by atoms with Gasteiger partial charge in [-0.15, -0.1) is 10.2 Å². The lowest BCUT2D eigenvalue weighted by molar-refractivity contribution is 0.198. The minimum Gasteiger partial charge on any atom is -0.389 e. The Hall–Kier alpha value is -0.630. The van der Waals surface area contributed by atoms with Crippen molar-refractivity contribution in [1.82, 2.24) is 10.2 Å². The molecule has 1 aromatic heterocycles. The molecule has 2 aromatic rings. The van der Waals surface area contributed by atoms with Gasteiger partial charge in [-0.05, 0) is 30.9 Å². The van der Waals surface area contributed by atoms with E-state index >= 15 is 0 Å². The zero-order valence-electron chi connectivity index (χ0n) is 9.75. The number of rotatable bonds is 4. The van der Waals surface area contributed by atoms with E-state index in [4.69, 9.17) is 0 Å². The monoisotopic (exact) mass is 302 g/mol. The molecule has 2 rings (SSSR count). The summed E-state index contributed by atoms with van der Waals surface area (Å²) in [5.74, 6) is -0.348. The molecule has 0 radical (unpaired) electrons. The van der Waals surface area contributed by atoms with E-state index in [0.29, 0.717) is 14.8 Å². The Morgan fingerprint density at radius 1 is 1.33 bits per heavy atom. The lowest BCUT2D eigenvalue weighted by Crippen LogP contribution is -1.92. The van der Waals surface area contributed by atoms with Crippen LogP contribution in [0.25, 0.3) is 0 Å². The van der Waals surface area contributed by atoms with E-state index in [-0.39, 0.29) is 5.82 Å². The second kappa shape index (κ2) is 6.01. The molecule has 1 heterocycles. The number of nitrogens with zero attached hydrogens (tertiary/aromatic N) is 2. The largest absolute Gasteiger partial charge is 0.389 e. The standard InChI is InChI=1S/C11H11FN2OS3/c1-6(15)7-3-4-9(8(12)5-7)17-11-14-13-10(16-2)18-11/h3-6,15H,1-2H3. The number of halogens is 1. The summed E-state index contributed by atoms with van der Waals surface area (Å²) in [5, 5.41) is 17.3. The van der Waals surface area contributed by atoms with Crippen LogP contribution in [0.4, 0.5) is 4.39 Å². The van der Waals surface area contributed by atoms with Crippen LogP contribution < -0.4 is 0 Å². The van der Waals surface area contributed by atoms with Gasteiger partial charge in [0, 0.05) is 0 Å². The molecule has 1 aromatic carbocycles. The molecule has 7 heteroatoms. The van der Waals surface area contributed by atoms with E-state index in [9.17, 15) is 9.50 Å². The first kappa shape index (κ1) is 13.8.